The molecule has 0 bridgehead atoms. The highest BCUT2D eigenvalue weighted by Gasteiger charge is 2.33. The van der Waals surface area contributed by atoms with Crippen LogP contribution in [0.2, 0.25) is 0 Å². The molecule has 2 amide bonds. The number of likely N-dealkylation sites (N-methyl/N-ethyl adjacent to an activating group) is 2. The minimum Gasteiger partial charge on any atom is -0.347 e. The van der Waals surface area contributed by atoms with Gasteiger partial charge in [-0.2, -0.15) is 0 Å². The summed E-state index contributed by atoms with van der Waals surface area (Å²) in [7, 11) is 3.37. The zero-order valence-electron chi connectivity index (χ0n) is 11.6. The van der Waals surface area contributed by atoms with E-state index in [0.29, 0.717) is 19.5 Å². The Bertz CT molecular complexity index is 273. The Morgan fingerprint density at radius 1 is 1.24 bits per heavy atom. The van der Waals surface area contributed by atoms with E-state index in [4.69, 9.17) is 5.73 Å². The summed E-state index contributed by atoms with van der Waals surface area (Å²) in [6.45, 7) is 6.60. The highest BCUT2D eigenvalue weighted by atomic mass is 16.2. The van der Waals surface area contributed by atoms with Crippen molar-refractivity contribution in [1.29, 1.82) is 0 Å². The maximum absolute atomic E-state index is 12.3. The van der Waals surface area contributed by atoms with Crippen molar-refractivity contribution in [2.75, 3.05) is 33.7 Å². The molecule has 0 aromatic heterocycles. The number of nitrogens with two attached hydrogens (primary N) is 1. The number of carbonyl (C=O) groups is 2. The molecular weight excluding hydrogens is 218 g/mol. The Balaban J connectivity index is 4.77. The summed E-state index contributed by atoms with van der Waals surface area (Å²) < 4.78 is 0. The lowest BCUT2D eigenvalue weighted by Gasteiger charge is -2.32. The molecule has 0 spiro atoms. The fourth-order valence-corrected chi connectivity index (χ4v) is 1.40. The highest BCUT2D eigenvalue weighted by Crippen LogP contribution is 2.22. The van der Waals surface area contributed by atoms with Gasteiger partial charge < -0.3 is 15.5 Å². The number of rotatable bonds is 6. The molecule has 100 valence electrons. The molecule has 0 rings (SSSR count). The van der Waals surface area contributed by atoms with Gasteiger partial charge in [0.05, 0.1) is 12.0 Å². The van der Waals surface area contributed by atoms with Gasteiger partial charge in [-0.05, 0) is 20.3 Å². The second-order valence-corrected chi connectivity index (χ2v) is 4.73. The van der Waals surface area contributed by atoms with Crippen LogP contribution >= 0.6 is 0 Å². The van der Waals surface area contributed by atoms with E-state index < -0.39 is 5.41 Å². The van der Waals surface area contributed by atoms with Gasteiger partial charge in [0.2, 0.25) is 11.8 Å². The maximum atomic E-state index is 12.3. The second kappa shape index (κ2) is 6.59. The SMILES string of the molecule is CCN(CC(=O)N(C)C)C(=O)C(C)(CC)CN. The molecule has 1 atom stereocenters. The van der Waals surface area contributed by atoms with Gasteiger partial charge in [0.25, 0.3) is 0 Å². The van der Waals surface area contributed by atoms with Crippen molar-refractivity contribution in [2.24, 2.45) is 11.1 Å². The van der Waals surface area contributed by atoms with E-state index in [0.717, 1.165) is 0 Å². The van der Waals surface area contributed by atoms with Crippen molar-refractivity contribution in [3.8, 4) is 0 Å². The molecule has 0 heterocycles. The van der Waals surface area contributed by atoms with E-state index in [-0.39, 0.29) is 18.4 Å². The van der Waals surface area contributed by atoms with Crippen LogP contribution in [0.5, 0.6) is 0 Å². The van der Waals surface area contributed by atoms with E-state index in [9.17, 15) is 9.59 Å². The quantitative estimate of drug-likeness (QED) is 0.729. The van der Waals surface area contributed by atoms with E-state index in [2.05, 4.69) is 0 Å². The predicted molar refractivity (Wildman–Crippen MR) is 68.4 cm³/mol. The summed E-state index contributed by atoms with van der Waals surface area (Å²) in [4.78, 5) is 27.0. The van der Waals surface area contributed by atoms with Crippen LogP contribution in [0.4, 0.5) is 0 Å². The number of amides is 2. The van der Waals surface area contributed by atoms with Crippen LogP contribution < -0.4 is 5.73 Å². The van der Waals surface area contributed by atoms with E-state index >= 15 is 0 Å². The van der Waals surface area contributed by atoms with Crippen molar-refractivity contribution in [2.45, 2.75) is 27.2 Å². The van der Waals surface area contributed by atoms with E-state index in [1.54, 1.807) is 19.0 Å². The van der Waals surface area contributed by atoms with Gasteiger partial charge >= 0.3 is 0 Å². The Hall–Kier alpha value is -1.10. The molecule has 1 unspecified atom stereocenters. The third-order valence-electron chi connectivity index (χ3n) is 3.24. The molecule has 5 heteroatoms. The lowest BCUT2D eigenvalue weighted by atomic mass is 9.86. The van der Waals surface area contributed by atoms with Gasteiger partial charge in [-0.3, -0.25) is 9.59 Å². The van der Waals surface area contributed by atoms with Crippen molar-refractivity contribution in [3.63, 3.8) is 0 Å². The Morgan fingerprint density at radius 3 is 2.06 bits per heavy atom. The molecule has 0 saturated heterocycles. The van der Waals surface area contributed by atoms with Crippen LogP contribution in [0.25, 0.3) is 0 Å². The Labute approximate surface area is 104 Å². The summed E-state index contributed by atoms with van der Waals surface area (Å²) in [5.74, 6) is -0.115. The normalized spacial score (nSPS) is 14.0. The summed E-state index contributed by atoms with van der Waals surface area (Å²) >= 11 is 0. The molecule has 0 aliphatic heterocycles. The monoisotopic (exact) mass is 243 g/mol. The Kier molecular flexibility index (Phi) is 6.16. The fourth-order valence-electron chi connectivity index (χ4n) is 1.40. The van der Waals surface area contributed by atoms with Crippen LogP contribution in [0.1, 0.15) is 27.2 Å². The minimum absolute atomic E-state index is 0.0415. The fraction of sp³-hybridized carbons (Fsp3) is 0.833. The molecule has 2 N–H and O–H groups in total. The van der Waals surface area contributed by atoms with E-state index in [1.807, 2.05) is 20.8 Å². The lowest BCUT2D eigenvalue weighted by molar-refractivity contribution is -0.145. The lowest BCUT2D eigenvalue weighted by Crippen LogP contribution is -2.49. The number of carbonyl (C=O) groups excluding carboxylic acids is 2. The largest absolute Gasteiger partial charge is 0.347 e. The molecule has 17 heavy (non-hydrogen) atoms. The van der Waals surface area contributed by atoms with E-state index in [1.165, 1.54) is 4.90 Å². The smallest absolute Gasteiger partial charge is 0.241 e. The zero-order chi connectivity index (χ0) is 13.6. The predicted octanol–water partition coefficient (Wildman–Crippen LogP) is 0.298. The van der Waals surface area contributed by atoms with Crippen LogP contribution in [0.3, 0.4) is 0 Å². The number of hydrogen-bond acceptors (Lipinski definition) is 3. The Morgan fingerprint density at radius 2 is 1.76 bits per heavy atom. The van der Waals surface area contributed by atoms with Gasteiger partial charge in [0, 0.05) is 27.2 Å². The van der Waals surface area contributed by atoms with Crippen molar-refractivity contribution in [1.82, 2.24) is 9.80 Å². The molecular formula is C12H25N3O2. The van der Waals surface area contributed by atoms with Crippen molar-refractivity contribution < 1.29 is 9.59 Å². The topological polar surface area (TPSA) is 66.6 Å². The summed E-state index contributed by atoms with van der Waals surface area (Å²) in [6, 6.07) is 0. The number of hydrogen-bond donors (Lipinski definition) is 1. The molecule has 0 aliphatic rings. The van der Waals surface area contributed by atoms with Gasteiger partial charge in [0.1, 0.15) is 0 Å². The standard InChI is InChI=1S/C12H25N3O2/c1-6-12(3,9-13)11(17)15(7-2)8-10(16)14(4)5/h6-9,13H2,1-5H3. The third kappa shape index (κ3) is 4.00. The minimum atomic E-state index is -0.567. The molecule has 0 aromatic rings. The van der Waals surface area contributed by atoms with Crippen LogP contribution in [-0.4, -0.2) is 55.3 Å². The van der Waals surface area contributed by atoms with Gasteiger partial charge in [-0.25, -0.2) is 0 Å². The van der Waals surface area contributed by atoms with Crippen molar-refractivity contribution in [3.05, 3.63) is 0 Å². The van der Waals surface area contributed by atoms with Gasteiger partial charge in [0.15, 0.2) is 0 Å². The number of nitrogens with zero attached hydrogens (tertiary/aromatic N) is 2. The van der Waals surface area contributed by atoms with Gasteiger partial charge in [-0.1, -0.05) is 6.92 Å². The molecule has 0 radical (unpaired) electrons. The molecule has 0 aliphatic carbocycles. The second-order valence-electron chi connectivity index (χ2n) is 4.73. The van der Waals surface area contributed by atoms with Gasteiger partial charge in [-0.15, -0.1) is 0 Å². The molecule has 5 nitrogen and oxygen atoms in total. The average Bonchev–Trinajstić information content (AvgIpc) is 2.33. The average molecular weight is 243 g/mol. The molecule has 0 aromatic carbocycles. The zero-order valence-corrected chi connectivity index (χ0v) is 11.6. The summed E-state index contributed by atoms with van der Waals surface area (Å²) in [5.41, 5.74) is 5.09. The first kappa shape index (κ1) is 15.9. The molecule has 0 fully saturated rings. The summed E-state index contributed by atoms with van der Waals surface area (Å²) in [6.07, 6.45) is 0.676. The van der Waals surface area contributed by atoms with Crippen LogP contribution in [-0.2, 0) is 9.59 Å². The first-order chi connectivity index (χ1) is 7.82. The highest BCUT2D eigenvalue weighted by molar-refractivity contribution is 5.87. The maximum Gasteiger partial charge on any atom is 0.241 e. The van der Waals surface area contributed by atoms with Crippen LogP contribution in [0, 0.1) is 5.41 Å². The third-order valence-corrected chi connectivity index (χ3v) is 3.24. The molecule has 0 saturated carbocycles. The summed E-state index contributed by atoms with van der Waals surface area (Å²) in [5, 5.41) is 0. The van der Waals surface area contributed by atoms with Crippen molar-refractivity contribution >= 4 is 11.8 Å². The first-order valence-electron chi connectivity index (χ1n) is 6.02. The first-order valence-corrected chi connectivity index (χ1v) is 6.02. The van der Waals surface area contributed by atoms with Crippen LogP contribution in [0.15, 0.2) is 0 Å².